The molecule has 7 N–H and O–H groups in total. The molecule has 0 spiro atoms. The highest BCUT2D eigenvalue weighted by atomic mass is 16.5. The van der Waals surface area contributed by atoms with Crippen LogP contribution < -0.4 is 22.5 Å². The Bertz CT molecular complexity index is 1590. The van der Waals surface area contributed by atoms with Crippen molar-refractivity contribution >= 4 is 39.9 Å². The topological polar surface area (TPSA) is 129 Å². The van der Waals surface area contributed by atoms with E-state index >= 15 is 0 Å². The number of hydrogen-bond donors (Lipinski definition) is 4. The minimum absolute atomic E-state index is 0.192. The Morgan fingerprint density at radius 1 is 0.744 bits per heavy atom. The molecule has 0 bridgehead atoms. The van der Waals surface area contributed by atoms with E-state index in [-0.39, 0.29) is 11.5 Å². The number of carbonyl (C=O) groups is 1. The summed E-state index contributed by atoms with van der Waals surface area (Å²) in [5.41, 5.74) is 30.8. The molecule has 0 aliphatic heterocycles. The third-order valence-electron chi connectivity index (χ3n) is 7.95. The van der Waals surface area contributed by atoms with Crippen molar-refractivity contribution in [1.82, 2.24) is 0 Å². The fourth-order valence-electron chi connectivity index (χ4n) is 4.70. The van der Waals surface area contributed by atoms with Crippen LogP contribution in [0.4, 0.5) is 28.4 Å². The standard InChI is InChI=1S/C32H37N5O2/c1-16-17(2)24(33)9-8-22(16)14-23-15-29(36-27-12-10-25(34)18(3)20(27)5)30(32(39-7)31(23)38)37-28-13-11-26(35)19(4)21(28)6/h8-13,15,37H,14,33-35H2,1-7H3. The molecule has 0 fully saturated rings. The lowest BCUT2D eigenvalue weighted by Crippen LogP contribution is -2.26. The van der Waals surface area contributed by atoms with Gasteiger partial charge in [0, 0.05) is 34.7 Å². The number of aliphatic imine (C=N–C) groups is 1. The summed E-state index contributed by atoms with van der Waals surface area (Å²) in [6.45, 7) is 11.9. The number of anilines is 4. The van der Waals surface area contributed by atoms with Gasteiger partial charge in [-0.1, -0.05) is 6.07 Å². The molecule has 7 heteroatoms. The lowest BCUT2D eigenvalue weighted by Gasteiger charge is -2.24. The second-order valence-electron chi connectivity index (χ2n) is 10.1. The van der Waals surface area contributed by atoms with E-state index in [1.54, 1.807) is 0 Å². The molecule has 3 aromatic carbocycles. The normalized spacial score (nSPS) is 14.6. The maximum Gasteiger partial charge on any atom is 0.226 e. The molecule has 0 radical (unpaired) electrons. The number of carbonyl (C=O) groups excluding carboxylic acids is 1. The number of methoxy groups -OCH3 is 1. The Morgan fingerprint density at radius 2 is 1.31 bits per heavy atom. The number of nitrogens with zero attached hydrogens (tertiary/aromatic N) is 1. The minimum atomic E-state index is -0.192. The number of allylic oxidation sites excluding steroid dienone is 2. The van der Waals surface area contributed by atoms with Crippen LogP contribution in [0.3, 0.4) is 0 Å². The molecular weight excluding hydrogens is 486 g/mol. The summed E-state index contributed by atoms with van der Waals surface area (Å²) < 4.78 is 5.75. The van der Waals surface area contributed by atoms with Crippen LogP contribution in [0.25, 0.3) is 0 Å². The first-order chi connectivity index (χ1) is 18.4. The second kappa shape index (κ2) is 10.7. The minimum Gasteiger partial charge on any atom is -0.491 e. The van der Waals surface area contributed by atoms with Gasteiger partial charge in [-0.25, -0.2) is 4.99 Å². The van der Waals surface area contributed by atoms with Gasteiger partial charge in [0.1, 0.15) is 5.70 Å². The Balaban J connectivity index is 1.89. The highest BCUT2D eigenvalue weighted by Gasteiger charge is 2.30. The lowest BCUT2D eigenvalue weighted by molar-refractivity contribution is -0.115. The van der Waals surface area contributed by atoms with Crippen LogP contribution in [0.2, 0.25) is 0 Å². The number of nitrogens with two attached hydrogens (primary N) is 3. The number of ketones is 1. The zero-order valence-corrected chi connectivity index (χ0v) is 23.7. The van der Waals surface area contributed by atoms with E-state index in [1.165, 1.54) is 7.11 Å². The predicted molar refractivity (Wildman–Crippen MR) is 163 cm³/mol. The van der Waals surface area contributed by atoms with Crippen molar-refractivity contribution in [3.8, 4) is 0 Å². The first-order valence-electron chi connectivity index (χ1n) is 12.9. The largest absolute Gasteiger partial charge is 0.491 e. The molecule has 1 aliphatic rings. The molecule has 0 unspecified atom stereocenters. The molecule has 7 nitrogen and oxygen atoms in total. The Kier molecular flexibility index (Phi) is 7.54. The molecule has 39 heavy (non-hydrogen) atoms. The SMILES string of the molecule is COC1=C(Nc2ccc(N)c(C)c2C)C(=Nc2ccc(N)c(C)c2C)C=C(Cc2ccc(N)c(C)c2C)C1=O. The van der Waals surface area contributed by atoms with Crippen LogP contribution in [0.1, 0.15) is 38.9 Å². The number of hydrogen-bond acceptors (Lipinski definition) is 7. The van der Waals surface area contributed by atoms with Crippen LogP contribution >= 0.6 is 0 Å². The van der Waals surface area contributed by atoms with E-state index in [0.717, 1.165) is 56.0 Å². The van der Waals surface area contributed by atoms with Crippen LogP contribution in [0.5, 0.6) is 0 Å². The fraction of sp³-hybridized carbons (Fsp3) is 0.250. The van der Waals surface area contributed by atoms with E-state index in [0.29, 0.717) is 34.8 Å². The molecule has 0 heterocycles. The maximum atomic E-state index is 13.8. The van der Waals surface area contributed by atoms with Gasteiger partial charge in [-0.3, -0.25) is 4.79 Å². The molecule has 0 aromatic heterocycles. The Hall–Kier alpha value is -4.52. The van der Waals surface area contributed by atoms with Crippen LogP contribution in [-0.2, 0) is 16.0 Å². The van der Waals surface area contributed by atoms with E-state index in [2.05, 4.69) is 5.32 Å². The molecule has 0 saturated heterocycles. The summed E-state index contributed by atoms with van der Waals surface area (Å²) in [6, 6.07) is 11.3. The maximum absolute atomic E-state index is 13.8. The number of rotatable bonds is 6. The molecule has 4 rings (SSSR count). The van der Waals surface area contributed by atoms with Gasteiger partial charge < -0.3 is 27.3 Å². The van der Waals surface area contributed by atoms with Gasteiger partial charge in [-0.05, 0) is 117 Å². The van der Waals surface area contributed by atoms with Crippen molar-refractivity contribution in [1.29, 1.82) is 0 Å². The van der Waals surface area contributed by atoms with Crippen molar-refractivity contribution in [3.05, 3.63) is 98.4 Å². The number of ether oxygens (including phenoxy) is 1. The van der Waals surface area contributed by atoms with E-state index in [9.17, 15) is 4.79 Å². The molecule has 0 saturated carbocycles. The zero-order chi connectivity index (χ0) is 28.6. The number of Topliss-reactive ketones (excluding diaryl/α,β-unsaturated/α-hetero) is 1. The molecular formula is C32H37N5O2. The predicted octanol–water partition coefficient (Wildman–Crippen LogP) is 6.08. The number of nitrogen functional groups attached to an aromatic ring is 3. The monoisotopic (exact) mass is 523 g/mol. The first-order valence-corrected chi connectivity index (χ1v) is 12.9. The quantitative estimate of drug-likeness (QED) is 0.229. The van der Waals surface area contributed by atoms with E-state index in [4.69, 9.17) is 26.9 Å². The van der Waals surface area contributed by atoms with Gasteiger partial charge in [-0.15, -0.1) is 0 Å². The summed E-state index contributed by atoms with van der Waals surface area (Å²) in [5.74, 6) is 0.0117. The summed E-state index contributed by atoms with van der Waals surface area (Å²) in [6.07, 6.45) is 2.27. The number of benzene rings is 3. The van der Waals surface area contributed by atoms with E-state index < -0.39 is 0 Å². The first kappa shape index (κ1) is 27.5. The van der Waals surface area contributed by atoms with Gasteiger partial charge in [0.05, 0.1) is 18.5 Å². The van der Waals surface area contributed by atoms with Crippen molar-refractivity contribution in [2.75, 3.05) is 29.6 Å². The summed E-state index contributed by atoms with van der Waals surface area (Å²) in [7, 11) is 1.51. The molecule has 202 valence electrons. The smallest absolute Gasteiger partial charge is 0.226 e. The highest BCUT2D eigenvalue weighted by molar-refractivity contribution is 6.25. The van der Waals surface area contributed by atoms with Gasteiger partial charge in [0.25, 0.3) is 0 Å². The van der Waals surface area contributed by atoms with Crippen LogP contribution in [0.15, 0.2) is 64.5 Å². The molecule has 0 atom stereocenters. The Morgan fingerprint density at radius 3 is 1.95 bits per heavy atom. The summed E-state index contributed by atoms with van der Waals surface area (Å²) in [5, 5.41) is 3.44. The zero-order valence-electron chi connectivity index (χ0n) is 23.7. The third-order valence-corrected chi connectivity index (χ3v) is 7.95. The molecule has 0 amide bonds. The average Bonchev–Trinajstić information content (AvgIpc) is 2.91. The third kappa shape index (κ3) is 5.12. The molecule has 1 aliphatic carbocycles. The summed E-state index contributed by atoms with van der Waals surface area (Å²) in [4.78, 5) is 18.8. The van der Waals surface area contributed by atoms with Crippen molar-refractivity contribution in [2.24, 2.45) is 4.99 Å². The highest BCUT2D eigenvalue weighted by Crippen LogP contribution is 2.33. The number of nitrogens with one attached hydrogen (secondary N) is 1. The summed E-state index contributed by atoms with van der Waals surface area (Å²) >= 11 is 0. The Labute approximate surface area is 230 Å². The van der Waals surface area contributed by atoms with Crippen molar-refractivity contribution < 1.29 is 9.53 Å². The molecule has 3 aromatic rings. The van der Waals surface area contributed by atoms with Gasteiger partial charge in [-0.2, -0.15) is 0 Å². The second-order valence-corrected chi connectivity index (χ2v) is 10.1. The fourth-order valence-corrected chi connectivity index (χ4v) is 4.70. The van der Waals surface area contributed by atoms with E-state index in [1.807, 2.05) is 84.0 Å². The van der Waals surface area contributed by atoms with Gasteiger partial charge >= 0.3 is 0 Å². The van der Waals surface area contributed by atoms with Crippen molar-refractivity contribution in [3.63, 3.8) is 0 Å². The van der Waals surface area contributed by atoms with Crippen LogP contribution in [-0.4, -0.2) is 18.6 Å². The van der Waals surface area contributed by atoms with Crippen LogP contribution in [0, 0.1) is 41.5 Å². The van der Waals surface area contributed by atoms with Crippen molar-refractivity contribution in [2.45, 2.75) is 48.0 Å². The van der Waals surface area contributed by atoms with Gasteiger partial charge in [0.2, 0.25) is 5.78 Å². The lowest BCUT2D eigenvalue weighted by atomic mass is 9.90. The average molecular weight is 524 g/mol. The van der Waals surface area contributed by atoms with Gasteiger partial charge in [0.15, 0.2) is 5.76 Å².